The van der Waals surface area contributed by atoms with E-state index in [1.807, 2.05) is 67.5 Å². The molecule has 108 valence electrons. The number of carbonyl (C=O) groups is 1. The van der Waals surface area contributed by atoms with Crippen LogP contribution in [0.4, 0.5) is 5.69 Å². The van der Waals surface area contributed by atoms with Crippen LogP contribution in [0.1, 0.15) is 28.8 Å². The quantitative estimate of drug-likeness (QED) is 0.785. The van der Waals surface area contributed by atoms with Crippen LogP contribution in [0.2, 0.25) is 0 Å². The number of anilines is 1. The van der Waals surface area contributed by atoms with Crippen LogP contribution in [-0.4, -0.2) is 26.0 Å². The van der Waals surface area contributed by atoms with Gasteiger partial charge in [0.25, 0.3) is 0 Å². The third-order valence-corrected chi connectivity index (χ3v) is 3.55. The van der Waals surface area contributed by atoms with Crippen LogP contribution >= 0.6 is 0 Å². The highest BCUT2D eigenvalue weighted by Crippen LogP contribution is 2.27. The van der Waals surface area contributed by atoms with Crippen molar-refractivity contribution < 1.29 is 9.53 Å². The van der Waals surface area contributed by atoms with Crippen molar-refractivity contribution in [1.29, 1.82) is 0 Å². The lowest BCUT2D eigenvalue weighted by molar-refractivity contribution is 0.103. The summed E-state index contributed by atoms with van der Waals surface area (Å²) in [6.07, 6.45) is 2.57. The third kappa shape index (κ3) is 3.24. The van der Waals surface area contributed by atoms with Gasteiger partial charge in [-0.15, -0.1) is 0 Å². The fraction of sp³-hybridized carbons (Fsp3) is 0.278. The highest BCUT2D eigenvalue weighted by Gasteiger charge is 2.23. The molecule has 0 aromatic heterocycles. The lowest BCUT2D eigenvalue weighted by Crippen LogP contribution is -2.10. The zero-order valence-corrected chi connectivity index (χ0v) is 12.4. The molecule has 21 heavy (non-hydrogen) atoms. The van der Waals surface area contributed by atoms with Crippen molar-refractivity contribution in [3.8, 4) is 5.75 Å². The first-order valence-corrected chi connectivity index (χ1v) is 7.22. The van der Waals surface area contributed by atoms with Gasteiger partial charge in [-0.3, -0.25) is 4.79 Å². The number of nitrogens with zero attached hydrogens (tertiary/aromatic N) is 1. The summed E-state index contributed by atoms with van der Waals surface area (Å²) < 4.78 is 5.75. The first-order valence-electron chi connectivity index (χ1n) is 7.22. The summed E-state index contributed by atoms with van der Waals surface area (Å²) in [5, 5.41) is 0. The Hall–Kier alpha value is -2.29. The van der Waals surface area contributed by atoms with Gasteiger partial charge in [-0.25, -0.2) is 0 Å². The molecule has 0 atom stereocenters. The van der Waals surface area contributed by atoms with Crippen LogP contribution < -0.4 is 9.64 Å². The van der Waals surface area contributed by atoms with Crippen molar-refractivity contribution in [1.82, 2.24) is 0 Å². The second-order valence-corrected chi connectivity index (χ2v) is 5.62. The predicted molar refractivity (Wildman–Crippen MR) is 84.3 cm³/mol. The third-order valence-electron chi connectivity index (χ3n) is 3.55. The molecule has 0 unspecified atom stereocenters. The summed E-state index contributed by atoms with van der Waals surface area (Å²) in [5.41, 5.74) is 2.39. The Kier molecular flexibility index (Phi) is 3.65. The zero-order valence-electron chi connectivity index (χ0n) is 12.4. The average Bonchev–Trinajstić information content (AvgIpc) is 3.31. The van der Waals surface area contributed by atoms with E-state index in [1.54, 1.807) is 0 Å². The maximum absolute atomic E-state index is 12.6. The smallest absolute Gasteiger partial charge is 0.193 e. The summed E-state index contributed by atoms with van der Waals surface area (Å²) in [7, 11) is 3.93. The van der Waals surface area contributed by atoms with Crippen molar-refractivity contribution >= 4 is 11.5 Å². The molecule has 0 bridgehead atoms. The van der Waals surface area contributed by atoms with Gasteiger partial charge in [-0.1, -0.05) is 24.3 Å². The minimum atomic E-state index is 0.0277. The highest BCUT2D eigenvalue weighted by molar-refractivity contribution is 6.09. The number of hydrogen-bond donors (Lipinski definition) is 0. The van der Waals surface area contributed by atoms with E-state index in [0.717, 1.165) is 24.3 Å². The fourth-order valence-electron chi connectivity index (χ4n) is 2.18. The van der Waals surface area contributed by atoms with Gasteiger partial charge in [0, 0.05) is 30.9 Å². The van der Waals surface area contributed by atoms with Crippen LogP contribution in [0.3, 0.4) is 0 Å². The molecule has 0 heterocycles. The van der Waals surface area contributed by atoms with Gasteiger partial charge < -0.3 is 9.64 Å². The van der Waals surface area contributed by atoms with Crippen molar-refractivity contribution in [3.05, 3.63) is 59.7 Å². The van der Waals surface area contributed by atoms with Crippen LogP contribution in [0.15, 0.2) is 48.5 Å². The Balaban J connectivity index is 1.85. The number of carbonyl (C=O) groups excluding carboxylic acids is 1. The molecular weight excluding hydrogens is 262 g/mol. The average molecular weight is 281 g/mol. The molecular formula is C18H19NO2. The van der Waals surface area contributed by atoms with E-state index in [2.05, 4.69) is 0 Å². The number of hydrogen-bond acceptors (Lipinski definition) is 3. The Labute approximate surface area is 125 Å². The largest absolute Gasteiger partial charge is 0.490 e. The molecule has 3 rings (SSSR count). The molecule has 1 aliphatic rings. The first kappa shape index (κ1) is 13.7. The zero-order chi connectivity index (χ0) is 14.8. The molecule has 0 spiro atoms. The minimum Gasteiger partial charge on any atom is -0.490 e. The van der Waals surface area contributed by atoms with Crippen molar-refractivity contribution in [2.24, 2.45) is 0 Å². The van der Waals surface area contributed by atoms with Gasteiger partial charge in [0.1, 0.15) is 5.75 Å². The molecule has 0 N–H and O–H groups in total. The normalized spacial score (nSPS) is 13.8. The lowest BCUT2D eigenvalue weighted by atomic mass is 10.0. The monoisotopic (exact) mass is 281 g/mol. The van der Waals surface area contributed by atoms with E-state index >= 15 is 0 Å². The van der Waals surface area contributed by atoms with Crippen molar-refractivity contribution in [3.63, 3.8) is 0 Å². The summed E-state index contributed by atoms with van der Waals surface area (Å²) in [6, 6.07) is 15.1. The van der Waals surface area contributed by atoms with Crippen molar-refractivity contribution in [2.75, 3.05) is 19.0 Å². The Morgan fingerprint density at radius 2 is 1.71 bits per heavy atom. The van der Waals surface area contributed by atoms with Gasteiger partial charge in [-0.05, 0) is 37.1 Å². The Bertz CT molecular complexity index is 660. The molecule has 1 fully saturated rings. The predicted octanol–water partition coefficient (Wildman–Crippen LogP) is 3.52. The molecule has 0 radical (unpaired) electrons. The molecule has 1 aliphatic carbocycles. The minimum absolute atomic E-state index is 0.0277. The molecule has 3 nitrogen and oxygen atoms in total. The second kappa shape index (κ2) is 5.60. The molecule has 0 amide bonds. The van der Waals surface area contributed by atoms with Crippen LogP contribution in [0.25, 0.3) is 0 Å². The molecule has 1 saturated carbocycles. The maximum atomic E-state index is 12.6. The van der Waals surface area contributed by atoms with E-state index in [1.165, 1.54) is 0 Å². The molecule has 3 heteroatoms. The van der Waals surface area contributed by atoms with Gasteiger partial charge in [-0.2, -0.15) is 0 Å². The highest BCUT2D eigenvalue weighted by atomic mass is 16.5. The topological polar surface area (TPSA) is 29.5 Å². The summed E-state index contributed by atoms with van der Waals surface area (Å²) >= 11 is 0. The van der Waals surface area contributed by atoms with Gasteiger partial charge in [0.2, 0.25) is 0 Å². The fourth-order valence-corrected chi connectivity index (χ4v) is 2.18. The SMILES string of the molecule is CN(C)c1cccc(C(=O)c2cccc(OC3CC3)c2)c1. The van der Waals surface area contributed by atoms with E-state index in [0.29, 0.717) is 17.2 Å². The summed E-state index contributed by atoms with van der Waals surface area (Å²) in [6.45, 7) is 0. The summed E-state index contributed by atoms with van der Waals surface area (Å²) in [5.74, 6) is 0.812. The molecule has 0 aliphatic heterocycles. The Morgan fingerprint density at radius 3 is 2.38 bits per heavy atom. The summed E-state index contributed by atoms with van der Waals surface area (Å²) in [4.78, 5) is 14.6. The number of benzene rings is 2. The Morgan fingerprint density at radius 1 is 1.05 bits per heavy atom. The molecule has 0 saturated heterocycles. The van der Waals surface area contributed by atoms with E-state index in [9.17, 15) is 4.79 Å². The molecule has 2 aromatic rings. The van der Waals surface area contributed by atoms with Gasteiger partial charge >= 0.3 is 0 Å². The van der Waals surface area contributed by atoms with Gasteiger partial charge in [0.15, 0.2) is 5.78 Å². The van der Waals surface area contributed by atoms with Gasteiger partial charge in [0.05, 0.1) is 6.10 Å². The van der Waals surface area contributed by atoms with E-state index in [-0.39, 0.29) is 5.78 Å². The number of rotatable bonds is 5. The number of ketones is 1. The second-order valence-electron chi connectivity index (χ2n) is 5.62. The van der Waals surface area contributed by atoms with Crippen LogP contribution in [-0.2, 0) is 0 Å². The van der Waals surface area contributed by atoms with Crippen LogP contribution in [0, 0.1) is 0 Å². The van der Waals surface area contributed by atoms with E-state index in [4.69, 9.17) is 4.74 Å². The standard InChI is InChI=1S/C18H19NO2/c1-19(2)15-7-3-5-13(11-15)18(20)14-6-4-8-17(12-14)21-16-9-10-16/h3-8,11-12,16H,9-10H2,1-2H3. The maximum Gasteiger partial charge on any atom is 0.193 e. The van der Waals surface area contributed by atoms with Crippen molar-refractivity contribution in [2.45, 2.75) is 18.9 Å². The number of ether oxygens (including phenoxy) is 1. The van der Waals surface area contributed by atoms with Crippen LogP contribution in [0.5, 0.6) is 5.75 Å². The lowest BCUT2D eigenvalue weighted by Gasteiger charge is -2.13. The first-order chi connectivity index (χ1) is 10.1. The van der Waals surface area contributed by atoms with E-state index < -0.39 is 0 Å². The molecule has 2 aromatic carbocycles.